The molecule has 0 atom stereocenters. The van der Waals surface area contributed by atoms with Gasteiger partial charge in [0.25, 0.3) is 0 Å². The van der Waals surface area contributed by atoms with Crippen molar-refractivity contribution in [2.75, 3.05) is 32.1 Å². The number of nitrogens with zero attached hydrogens (tertiary/aromatic N) is 3. The molecule has 6 heteroatoms. The first-order valence-electron chi connectivity index (χ1n) is 9.42. The SMILES string of the molecule is CN(CCO)C1(CNc2ncnc3c2oc2ccccc23)CCCCC1. The molecule has 1 fully saturated rings. The molecule has 2 N–H and O–H groups in total. The number of aliphatic hydroxyl groups excluding tert-OH is 1. The zero-order valence-corrected chi connectivity index (χ0v) is 15.2. The molecule has 0 bridgehead atoms. The summed E-state index contributed by atoms with van der Waals surface area (Å²) in [5.41, 5.74) is 2.43. The fraction of sp³-hybridized carbons (Fsp3) is 0.500. The molecule has 0 spiro atoms. The number of rotatable bonds is 6. The first kappa shape index (κ1) is 17.2. The lowest BCUT2D eigenvalue weighted by molar-refractivity contribution is 0.0690. The van der Waals surface area contributed by atoms with E-state index >= 15 is 0 Å². The van der Waals surface area contributed by atoms with Crippen LogP contribution in [-0.4, -0.2) is 52.3 Å². The Morgan fingerprint density at radius 2 is 2.00 bits per heavy atom. The average Bonchev–Trinajstić information content (AvgIpc) is 3.07. The lowest BCUT2D eigenvalue weighted by Gasteiger charge is -2.44. The van der Waals surface area contributed by atoms with Crippen LogP contribution in [0.5, 0.6) is 0 Å². The summed E-state index contributed by atoms with van der Waals surface area (Å²) < 4.78 is 6.02. The highest BCUT2D eigenvalue weighted by Crippen LogP contribution is 2.35. The van der Waals surface area contributed by atoms with Gasteiger partial charge in [0.2, 0.25) is 0 Å². The van der Waals surface area contributed by atoms with E-state index in [-0.39, 0.29) is 12.1 Å². The van der Waals surface area contributed by atoms with Crippen molar-refractivity contribution in [3.63, 3.8) is 0 Å². The maximum absolute atomic E-state index is 9.39. The molecule has 138 valence electrons. The zero-order chi connectivity index (χ0) is 18.0. The smallest absolute Gasteiger partial charge is 0.196 e. The van der Waals surface area contributed by atoms with E-state index in [0.29, 0.717) is 12.1 Å². The third kappa shape index (κ3) is 3.04. The lowest BCUT2D eigenvalue weighted by atomic mass is 9.80. The molecule has 2 aromatic heterocycles. The Hall–Kier alpha value is -2.18. The average molecular weight is 354 g/mol. The minimum Gasteiger partial charge on any atom is -0.450 e. The van der Waals surface area contributed by atoms with Crippen molar-refractivity contribution >= 4 is 27.9 Å². The zero-order valence-electron chi connectivity index (χ0n) is 15.2. The van der Waals surface area contributed by atoms with Crippen molar-refractivity contribution in [1.29, 1.82) is 0 Å². The van der Waals surface area contributed by atoms with Crippen LogP contribution in [0.1, 0.15) is 32.1 Å². The number of likely N-dealkylation sites (N-methyl/N-ethyl adjacent to an activating group) is 1. The molecule has 0 saturated heterocycles. The number of para-hydroxylation sites is 1. The van der Waals surface area contributed by atoms with Gasteiger partial charge in [-0.15, -0.1) is 0 Å². The van der Waals surface area contributed by atoms with Crippen molar-refractivity contribution in [3.05, 3.63) is 30.6 Å². The van der Waals surface area contributed by atoms with Gasteiger partial charge in [0, 0.05) is 24.0 Å². The summed E-state index contributed by atoms with van der Waals surface area (Å²) in [5, 5.41) is 13.9. The first-order valence-corrected chi connectivity index (χ1v) is 9.42. The van der Waals surface area contributed by atoms with E-state index in [1.165, 1.54) is 19.3 Å². The topological polar surface area (TPSA) is 74.4 Å². The van der Waals surface area contributed by atoms with Crippen LogP contribution < -0.4 is 5.32 Å². The predicted molar refractivity (Wildman–Crippen MR) is 103 cm³/mol. The number of furan rings is 1. The summed E-state index contributed by atoms with van der Waals surface area (Å²) in [5.74, 6) is 0.744. The lowest BCUT2D eigenvalue weighted by Crippen LogP contribution is -2.53. The van der Waals surface area contributed by atoms with E-state index in [4.69, 9.17) is 4.42 Å². The van der Waals surface area contributed by atoms with Crippen LogP contribution in [0.25, 0.3) is 22.1 Å². The fourth-order valence-electron chi connectivity index (χ4n) is 4.19. The number of aromatic nitrogens is 2. The van der Waals surface area contributed by atoms with Gasteiger partial charge in [0.05, 0.1) is 6.61 Å². The Morgan fingerprint density at radius 3 is 2.81 bits per heavy atom. The summed E-state index contributed by atoms with van der Waals surface area (Å²) >= 11 is 0. The second kappa shape index (κ2) is 7.21. The van der Waals surface area contributed by atoms with Gasteiger partial charge in [-0.1, -0.05) is 31.4 Å². The van der Waals surface area contributed by atoms with E-state index in [0.717, 1.165) is 41.7 Å². The van der Waals surface area contributed by atoms with Crippen molar-refractivity contribution in [1.82, 2.24) is 14.9 Å². The molecule has 0 unspecified atom stereocenters. The van der Waals surface area contributed by atoms with Crippen molar-refractivity contribution in [2.24, 2.45) is 0 Å². The molecule has 1 aromatic carbocycles. The Kier molecular flexibility index (Phi) is 4.78. The molecule has 0 amide bonds. The molecule has 2 heterocycles. The number of fused-ring (bicyclic) bond motifs is 3. The molecule has 6 nitrogen and oxygen atoms in total. The molecule has 1 aliphatic rings. The molecular formula is C20H26N4O2. The standard InChI is InChI=1S/C20H26N4O2/c1-24(11-12-25)20(9-5-2-6-10-20)13-21-19-18-17(22-14-23-19)15-7-3-4-8-16(15)26-18/h3-4,7-8,14,25H,2,5-6,9-13H2,1H3,(H,21,22,23). The van der Waals surface area contributed by atoms with E-state index in [2.05, 4.69) is 27.2 Å². The molecule has 1 aliphatic carbocycles. The molecule has 3 aromatic rings. The van der Waals surface area contributed by atoms with Gasteiger partial charge < -0.3 is 14.8 Å². The minimum absolute atomic E-state index is 0.0459. The Bertz CT molecular complexity index is 886. The Balaban J connectivity index is 1.63. The molecule has 0 radical (unpaired) electrons. The van der Waals surface area contributed by atoms with Crippen LogP contribution in [0.4, 0.5) is 5.82 Å². The summed E-state index contributed by atoms with van der Waals surface area (Å²) in [4.78, 5) is 11.2. The Labute approximate surface area is 153 Å². The number of hydrogen-bond acceptors (Lipinski definition) is 6. The third-order valence-electron chi connectivity index (χ3n) is 5.77. The quantitative estimate of drug-likeness (QED) is 0.707. The monoisotopic (exact) mass is 354 g/mol. The molecule has 1 saturated carbocycles. The van der Waals surface area contributed by atoms with Crippen LogP contribution in [0.15, 0.2) is 35.0 Å². The maximum Gasteiger partial charge on any atom is 0.196 e. The molecule has 26 heavy (non-hydrogen) atoms. The largest absolute Gasteiger partial charge is 0.450 e. The minimum atomic E-state index is 0.0459. The van der Waals surface area contributed by atoms with Crippen molar-refractivity contribution < 1.29 is 9.52 Å². The number of aliphatic hydroxyl groups is 1. The number of benzene rings is 1. The van der Waals surface area contributed by atoms with E-state index < -0.39 is 0 Å². The molecular weight excluding hydrogens is 328 g/mol. The summed E-state index contributed by atoms with van der Waals surface area (Å²) in [6.45, 7) is 1.65. The van der Waals surface area contributed by atoms with E-state index in [1.54, 1.807) is 6.33 Å². The summed E-state index contributed by atoms with van der Waals surface area (Å²) in [7, 11) is 2.11. The van der Waals surface area contributed by atoms with Crippen LogP contribution in [0.2, 0.25) is 0 Å². The molecule has 4 rings (SSSR count). The van der Waals surface area contributed by atoms with Gasteiger partial charge in [-0.05, 0) is 32.0 Å². The highest BCUT2D eigenvalue weighted by molar-refractivity contribution is 6.05. The van der Waals surface area contributed by atoms with Gasteiger partial charge in [-0.3, -0.25) is 4.90 Å². The van der Waals surface area contributed by atoms with E-state index in [9.17, 15) is 5.11 Å². The second-order valence-electron chi connectivity index (χ2n) is 7.28. The van der Waals surface area contributed by atoms with E-state index in [1.807, 2.05) is 24.3 Å². The Morgan fingerprint density at radius 1 is 1.19 bits per heavy atom. The first-order chi connectivity index (χ1) is 12.7. The maximum atomic E-state index is 9.39. The van der Waals surface area contributed by atoms with Crippen molar-refractivity contribution in [2.45, 2.75) is 37.6 Å². The molecule has 0 aliphatic heterocycles. The number of hydrogen-bond donors (Lipinski definition) is 2. The fourth-order valence-corrected chi connectivity index (χ4v) is 4.19. The summed E-state index contributed by atoms with van der Waals surface area (Å²) in [6, 6.07) is 7.94. The number of anilines is 1. The van der Waals surface area contributed by atoms with Crippen LogP contribution in [0, 0.1) is 0 Å². The van der Waals surface area contributed by atoms with Crippen LogP contribution in [0.3, 0.4) is 0 Å². The predicted octanol–water partition coefficient (Wildman–Crippen LogP) is 3.41. The third-order valence-corrected chi connectivity index (χ3v) is 5.77. The number of nitrogens with one attached hydrogen (secondary N) is 1. The van der Waals surface area contributed by atoms with Crippen LogP contribution in [-0.2, 0) is 0 Å². The van der Waals surface area contributed by atoms with Crippen LogP contribution >= 0.6 is 0 Å². The normalized spacial score (nSPS) is 17.2. The van der Waals surface area contributed by atoms with Gasteiger partial charge in [0.1, 0.15) is 17.4 Å². The van der Waals surface area contributed by atoms with Gasteiger partial charge >= 0.3 is 0 Å². The summed E-state index contributed by atoms with van der Waals surface area (Å²) in [6.07, 6.45) is 7.59. The van der Waals surface area contributed by atoms with Gasteiger partial charge in [-0.25, -0.2) is 9.97 Å². The van der Waals surface area contributed by atoms with Crippen molar-refractivity contribution in [3.8, 4) is 0 Å². The highest BCUT2D eigenvalue weighted by Gasteiger charge is 2.35. The number of β-amino-alcohol motifs (C(OH)–C–C–N with tert-alkyl or cyclic N) is 1. The van der Waals surface area contributed by atoms with Gasteiger partial charge in [0.15, 0.2) is 11.4 Å². The van der Waals surface area contributed by atoms with Gasteiger partial charge in [-0.2, -0.15) is 0 Å². The second-order valence-corrected chi connectivity index (χ2v) is 7.28. The highest BCUT2D eigenvalue weighted by atomic mass is 16.3.